The van der Waals surface area contributed by atoms with Gasteiger partial charge in [-0.2, -0.15) is 4.31 Å². The van der Waals surface area contributed by atoms with Gasteiger partial charge in [0, 0.05) is 38.8 Å². The van der Waals surface area contributed by atoms with E-state index in [0.717, 1.165) is 17.7 Å². The van der Waals surface area contributed by atoms with E-state index in [9.17, 15) is 17.2 Å². The summed E-state index contributed by atoms with van der Waals surface area (Å²) in [7, 11) is -2.10. The van der Waals surface area contributed by atoms with Crippen molar-refractivity contribution in [2.45, 2.75) is 11.0 Å². The molecule has 9 heteroatoms. The Bertz CT molecular complexity index is 1230. The molecule has 1 aliphatic rings. The van der Waals surface area contributed by atoms with Crippen LogP contribution in [0, 0.1) is 11.6 Å². The number of sulfonamides is 1. The fourth-order valence-corrected chi connectivity index (χ4v) is 5.55. The van der Waals surface area contributed by atoms with Gasteiger partial charge in [0.1, 0.15) is 11.9 Å². The van der Waals surface area contributed by atoms with Crippen LogP contribution in [-0.2, 0) is 14.8 Å². The van der Waals surface area contributed by atoms with Gasteiger partial charge in [-0.15, -0.1) is 0 Å². The lowest BCUT2D eigenvalue weighted by Gasteiger charge is -2.34. The van der Waals surface area contributed by atoms with Crippen LogP contribution in [0.5, 0.6) is 5.75 Å². The van der Waals surface area contributed by atoms with Gasteiger partial charge in [-0.05, 0) is 35.4 Å². The maximum atomic E-state index is 13.9. The van der Waals surface area contributed by atoms with Crippen molar-refractivity contribution in [2.24, 2.45) is 0 Å². The van der Waals surface area contributed by atoms with E-state index in [4.69, 9.17) is 9.47 Å². The first-order valence-electron chi connectivity index (χ1n) is 11.4. The molecule has 1 aliphatic heterocycles. The third-order valence-electron chi connectivity index (χ3n) is 6.05. The predicted molar refractivity (Wildman–Crippen MR) is 129 cm³/mol. The van der Waals surface area contributed by atoms with E-state index in [1.54, 1.807) is 18.2 Å². The highest BCUT2D eigenvalue weighted by molar-refractivity contribution is 7.89. The third-order valence-corrected chi connectivity index (χ3v) is 7.95. The van der Waals surface area contributed by atoms with Gasteiger partial charge in [0.25, 0.3) is 0 Å². The lowest BCUT2D eigenvalue weighted by Crippen LogP contribution is -2.49. The van der Waals surface area contributed by atoms with Crippen LogP contribution in [0.3, 0.4) is 0 Å². The van der Waals surface area contributed by atoms with Crippen molar-refractivity contribution >= 4 is 10.0 Å². The molecule has 3 aromatic carbocycles. The molecule has 0 radical (unpaired) electrons. The summed E-state index contributed by atoms with van der Waals surface area (Å²) in [5.41, 5.74) is 1.37. The quantitative estimate of drug-likeness (QED) is 0.441. The zero-order valence-corrected chi connectivity index (χ0v) is 20.3. The molecule has 0 aliphatic carbocycles. The minimum absolute atomic E-state index is 0.214. The van der Waals surface area contributed by atoms with Gasteiger partial charge in [-0.1, -0.05) is 42.5 Å². The SMILES string of the molecule is COc1cccc(S(=O)(=O)N2CCN(CCO[C@H](c3ccccc3)c3ccc(F)c(F)c3)CC2)c1. The van der Waals surface area contributed by atoms with Gasteiger partial charge >= 0.3 is 0 Å². The number of hydrogen-bond donors (Lipinski definition) is 0. The van der Waals surface area contributed by atoms with Gasteiger partial charge in [0.2, 0.25) is 10.0 Å². The van der Waals surface area contributed by atoms with Crippen LogP contribution >= 0.6 is 0 Å². The molecule has 35 heavy (non-hydrogen) atoms. The molecule has 0 aromatic heterocycles. The Kier molecular flexibility index (Phi) is 8.12. The Morgan fingerprint density at radius 3 is 2.29 bits per heavy atom. The average molecular weight is 503 g/mol. The molecule has 0 saturated carbocycles. The summed E-state index contributed by atoms with van der Waals surface area (Å²) in [6.07, 6.45) is -0.541. The highest BCUT2D eigenvalue weighted by Crippen LogP contribution is 2.27. The van der Waals surface area contributed by atoms with Crippen LogP contribution in [0.15, 0.2) is 77.7 Å². The van der Waals surface area contributed by atoms with Gasteiger partial charge in [-0.3, -0.25) is 4.90 Å². The highest BCUT2D eigenvalue weighted by Gasteiger charge is 2.29. The standard InChI is InChI=1S/C26H28F2N2O4S/c1-33-22-8-5-9-23(19-22)35(31,32)30-14-12-29(13-15-30)16-17-34-26(20-6-3-2-4-7-20)21-10-11-24(27)25(28)18-21/h2-11,18-19,26H,12-17H2,1H3/t26-/m1/s1. The second kappa shape index (κ2) is 11.3. The number of benzene rings is 3. The van der Waals surface area contributed by atoms with E-state index in [0.29, 0.717) is 50.6 Å². The molecule has 1 fully saturated rings. The summed E-state index contributed by atoms with van der Waals surface area (Å²) in [4.78, 5) is 2.34. The number of methoxy groups -OCH3 is 1. The zero-order valence-electron chi connectivity index (χ0n) is 19.4. The normalized spacial score (nSPS) is 16.2. The van der Waals surface area contributed by atoms with Gasteiger partial charge in [-0.25, -0.2) is 17.2 Å². The summed E-state index contributed by atoms with van der Waals surface area (Å²) >= 11 is 0. The zero-order chi connectivity index (χ0) is 24.8. The van der Waals surface area contributed by atoms with Crippen molar-refractivity contribution < 1.29 is 26.7 Å². The van der Waals surface area contributed by atoms with Crippen LogP contribution in [0.2, 0.25) is 0 Å². The molecular formula is C26H28F2N2O4S. The van der Waals surface area contributed by atoms with Crippen LogP contribution in [0.25, 0.3) is 0 Å². The van der Waals surface area contributed by atoms with E-state index < -0.39 is 27.8 Å². The first-order chi connectivity index (χ1) is 16.9. The Balaban J connectivity index is 1.35. The molecule has 0 spiro atoms. The van der Waals surface area contributed by atoms with Crippen molar-refractivity contribution in [2.75, 3.05) is 46.4 Å². The second-order valence-electron chi connectivity index (χ2n) is 8.26. The van der Waals surface area contributed by atoms with Gasteiger partial charge in [0.05, 0.1) is 18.6 Å². The molecule has 0 bridgehead atoms. The number of nitrogens with zero attached hydrogens (tertiary/aromatic N) is 2. The predicted octanol–water partition coefficient (Wildman–Crippen LogP) is 4.09. The van der Waals surface area contributed by atoms with Crippen molar-refractivity contribution in [3.63, 3.8) is 0 Å². The fourth-order valence-electron chi connectivity index (χ4n) is 4.09. The average Bonchev–Trinajstić information content (AvgIpc) is 2.89. The van der Waals surface area contributed by atoms with Crippen LogP contribution < -0.4 is 4.74 Å². The summed E-state index contributed by atoms with van der Waals surface area (Å²) in [5.74, 6) is -1.32. The van der Waals surface area contributed by atoms with Crippen molar-refractivity contribution in [1.82, 2.24) is 9.21 Å². The molecule has 186 valence electrons. The number of piperazine rings is 1. The summed E-state index contributed by atoms with van der Waals surface area (Å²) in [6.45, 7) is 2.79. The first-order valence-corrected chi connectivity index (χ1v) is 12.8. The van der Waals surface area contributed by atoms with Crippen LogP contribution in [-0.4, -0.2) is 64.1 Å². The summed E-state index contributed by atoms with van der Waals surface area (Å²) in [5, 5.41) is 0. The van der Waals surface area contributed by atoms with Crippen LogP contribution in [0.1, 0.15) is 17.2 Å². The molecule has 4 rings (SSSR count). The van der Waals surface area contributed by atoms with E-state index in [1.165, 1.54) is 23.5 Å². The Morgan fingerprint density at radius 2 is 1.60 bits per heavy atom. The molecular weight excluding hydrogens is 474 g/mol. The fraction of sp³-hybridized carbons (Fsp3) is 0.308. The third kappa shape index (κ3) is 6.05. The highest BCUT2D eigenvalue weighted by atomic mass is 32.2. The van der Waals surface area contributed by atoms with Crippen molar-refractivity contribution in [3.05, 3.63) is 95.6 Å². The topological polar surface area (TPSA) is 59.1 Å². The smallest absolute Gasteiger partial charge is 0.243 e. The number of rotatable bonds is 9. The van der Waals surface area contributed by atoms with Crippen molar-refractivity contribution in [1.29, 1.82) is 0 Å². The summed E-state index contributed by atoms with van der Waals surface area (Å²) in [6, 6.07) is 19.6. The van der Waals surface area contributed by atoms with Gasteiger partial charge in [0.15, 0.2) is 11.6 Å². The molecule has 6 nitrogen and oxygen atoms in total. The summed E-state index contributed by atoms with van der Waals surface area (Å²) < 4.78 is 66.1. The molecule has 1 heterocycles. The van der Waals surface area contributed by atoms with Gasteiger partial charge < -0.3 is 9.47 Å². The minimum atomic E-state index is -3.60. The largest absolute Gasteiger partial charge is 0.497 e. The number of hydrogen-bond acceptors (Lipinski definition) is 5. The van der Waals surface area contributed by atoms with E-state index >= 15 is 0 Å². The first kappa shape index (κ1) is 25.2. The van der Waals surface area contributed by atoms with E-state index in [-0.39, 0.29) is 4.90 Å². The maximum absolute atomic E-state index is 13.9. The molecule has 1 saturated heterocycles. The Labute approximate surface area is 204 Å². The van der Waals surface area contributed by atoms with E-state index in [2.05, 4.69) is 4.90 Å². The lowest BCUT2D eigenvalue weighted by molar-refractivity contribution is 0.0525. The molecule has 0 N–H and O–H groups in total. The Hall–Kier alpha value is -2.85. The molecule has 1 atom stereocenters. The van der Waals surface area contributed by atoms with E-state index in [1.807, 2.05) is 30.3 Å². The Morgan fingerprint density at radius 1 is 0.857 bits per heavy atom. The molecule has 0 amide bonds. The van der Waals surface area contributed by atoms with Crippen molar-refractivity contribution in [3.8, 4) is 5.75 Å². The second-order valence-corrected chi connectivity index (χ2v) is 10.2. The number of ether oxygens (including phenoxy) is 2. The monoisotopic (exact) mass is 502 g/mol. The molecule has 0 unspecified atom stereocenters. The maximum Gasteiger partial charge on any atom is 0.243 e. The lowest BCUT2D eigenvalue weighted by atomic mass is 10.0. The minimum Gasteiger partial charge on any atom is -0.497 e. The number of halogens is 2. The molecule has 3 aromatic rings. The van der Waals surface area contributed by atoms with Crippen LogP contribution in [0.4, 0.5) is 8.78 Å².